The van der Waals surface area contributed by atoms with Crippen LogP contribution in [0.2, 0.25) is 0 Å². The van der Waals surface area contributed by atoms with Crippen LogP contribution in [0, 0.1) is 5.92 Å². The molecule has 3 fully saturated rings. The predicted octanol–water partition coefficient (Wildman–Crippen LogP) is 5.26. The molecule has 276 valence electrons. The summed E-state index contributed by atoms with van der Waals surface area (Å²) >= 11 is 0. The fourth-order valence-corrected chi connectivity index (χ4v) is 7.36. The van der Waals surface area contributed by atoms with Gasteiger partial charge in [-0.05, 0) is 39.8 Å². The third-order valence-electron chi connectivity index (χ3n) is 10.4. The molecular weight excluding hydrogens is 674 g/mol. The Morgan fingerprint density at radius 2 is 1.60 bits per heavy atom. The third kappa shape index (κ3) is 8.51. The van der Waals surface area contributed by atoms with Gasteiger partial charge in [0.1, 0.15) is 12.6 Å². The number of ether oxygens (including phenoxy) is 3. The molecule has 3 heterocycles. The number of hydrogen-bond donors (Lipinski definition) is 3. The number of carbonyl (C=O) groups is 3. The second kappa shape index (κ2) is 16.4. The monoisotopic (exact) mass is 719 g/mol. The Labute approximate surface area is 309 Å². The van der Waals surface area contributed by atoms with Gasteiger partial charge in [-0.1, -0.05) is 110 Å². The SMILES string of the molecule is C[C@@H]1[C@H](CN2CC[C@H](O)C2)O[C@H](c2ccc(-c3ccccc3CN3C(=O)CC(NC(=O)OCc4ccccc4)C3=O)cc2)O[C@@H]1c1ccc(CO)cc1. The first kappa shape index (κ1) is 36.4. The van der Waals surface area contributed by atoms with E-state index in [1.165, 1.54) is 4.90 Å². The number of rotatable bonds is 11. The first-order valence-electron chi connectivity index (χ1n) is 18.2. The minimum Gasteiger partial charge on any atom is -0.445 e. The maximum Gasteiger partial charge on any atom is 0.408 e. The topological polar surface area (TPSA) is 138 Å². The highest BCUT2D eigenvalue weighted by molar-refractivity contribution is 6.06. The zero-order valence-corrected chi connectivity index (χ0v) is 29.7. The smallest absolute Gasteiger partial charge is 0.408 e. The molecule has 3 aliphatic rings. The van der Waals surface area contributed by atoms with Crippen molar-refractivity contribution in [1.82, 2.24) is 15.1 Å². The highest BCUT2D eigenvalue weighted by atomic mass is 16.7. The maximum atomic E-state index is 13.3. The van der Waals surface area contributed by atoms with Crippen molar-refractivity contribution in [2.75, 3.05) is 19.6 Å². The highest BCUT2D eigenvalue weighted by Gasteiger charge is 2.41. The molecule has 11 nitrogen and oxygen atoms in total. The number of imide groups is 1. The van der Waals surface area contributed by atoms with Crippen LogP contribution < -0.4 is 5.32 Å². The van der Waals surface area contributed by atoms with Gasteiger partial charge in [-0.2, -0.15) is 0 Å². The summed E-state index contributed by atoms with van der Waals surface area (Å²) in [6.07, 6.45) is -1.51. The predicted molar refractivity (Wildman–Crippen MR) is 196 cm³/mol. The molecule has 0 saturated carbocycles. The van der Waals surface area contributed by atoms with E-state index in [1.54, 1.807) is 0 Å². The average molecular weight is 720 g/mol. The van der Waals surface area contributed by atoms with Gasteiger partial charge in [-0.25, -0.2) is 4.79 Å². The number of nitrogens with zero attached hydrogens (tertiary/aromatic N) is 2. The molecule has 3 aliphatic heterocycles. The number of nitrogens with one attached hydrogen (secondary N) is 1. The maximum absolute atomic E-state index is 13.3. The van der Waals surface area contributed by atoms with E-state index in [4.69, 9.17) is 14.2 Å². The van der Waals surface area contributed by atoms with Crippen LogP contribution in [0.1, 0.15) is 60.0 Å². The second-order valence-corrected chi connectivity index (χ2v) is 14.1. The van der Waals surface area contributed by atoms with E-state index in [9.17, 15) is 24.6 Å². The minimum absolute atomic E-state index is 0.0286. The van der Waals surface area contributed by atoms with Gasteiger partial charge < -0.3 is 29.7 Å². The number of benzene rings is 4. The molecule has 7 rings (SSSR count). The number of aliphatic hydroxyl groups excluding tert-OH is 2. The largest absolute Gasteiger partial charge is 0.445 e. The minimum atomic E-state index is -0.994. The molecule has 3 N–H and O–H groups in total. The zero-order valence-electron chi connectivity index (χ0n) is 29.7. The summed E-state index contributed by atoms with van der Waals surface area (Å²) in [4.78, 5) is 42.2. The normalized spacial score (nSPS) is 24.8. The van der Waals surface area contributed by atoms with Crippen LogP contribution in [0.3, 0.4) is 0 Å². The van der Waals surface area contributed by atoms with Crippen LogP contribution >= 0.6 is 0 Å². The van der Waals surface area contributed by atoms with Gasteiger partial charge in [0.25, 0.3) is 5.91 Å². The lowest BCUT2D eigenvalue weighted by Gasteiger charge is -2.42. The molecule has 3 saturated heterocycles. The third-order valence-corrected chi connectivity index (χ3v) is 10.4. The molecule has 3 amide bonds. The van der Waals surface area contributed by atoms with Crippen LogP contribution in [-0.4, -0.2) is 75.8 Å². The van der Waals surface area contributed by atoms with Crippen LogP contribution in [-0.2, 0) is 43.6 Å². The Kier molecular flexibility index (Phi) is 11.3. The zero-order chi connectivity index (χ0) is 36.9. The summed E-state index contributed by atoms with van der Waals surface area (Å²) in [7, 11) is 0. The van der Waals surface area contributed by atoms with Crippen LogP contribution in [0.25, 0.3) is 11.1 Å². The van der Waals surface area contributed by atoms with Crippen molar-refractivity contribution in [2.24, 2.45) is 5.92 Å². The van der Waals surface area contributed by atoms with E-state index in [1.807, 2.05) is 103 Å². The molecule has 53 heavy (non-hydrogen) atoms. The van der Waals surface area contributed by atoms with Crippen LogP contribution in [0.5, 0.6) is 0 Å². The quantitative estimate of drug-likeness (QED) is 0.177. The van der Waals surface area contributed by atoms with E-state index in [0.29, 0.717) is 13.1 Å². The fraction of sp³-hybridized carbons (Fsp3) is 0.357. The molecule has 1 unspecified atom stereocenters. The average Bonchev–Trinajstić information content (AvgIpc) is 3.72. The second-order valence-electron chi connectivity index (χ2n) is 14.1. The van der Waals surface area contributed by atoms with Crippen molar-refractivity contribution in [2.45, 2.75) is 70.2 Å². The molecule has 6 atom stereocenters. The number of likely N-dealkylation sites (tertiary alicyclic amines) is 2. The molecular formula is C42H45N3O8. The lowest BCUT2D eigenvalue weighted by atomic mass is 9.90. The van der Waals surface area contributed by atoms with Crippen molar-refractivity contribution in [3.05, 3.63) is 131 Å². The number of β-amino-alcohol motifs (C(OH)–C–C–N with tert-alkyl or cyclic N) is 1. The lowest BCUT2D eigenvalue weighted by molar-refractivity contribution is -0.276. The van der Waals surface area contributed by atoms with Gasteiger partial charge in [-0.15, -0.1) is 0 Å². The van der Waals surface area contributed by atoms with Gasteiger partial charge in [0.15, 0.2) is 6.29 Å². The van der Waals surface area contributed by atoms with E-state index in [-0.39, 0.29) is 56.3 Å². The molecule has 0 aliphatic carbocycles. The van der Waals surface area contributed by atoms with Gasteiger partial charge in [-0.3, -0.25) is 19.4 Å². The van der Waals surface area contributed by atoms with Gasteiger partial charge in [0.05, 0.1) is 37.9 Å². The Morgan fingerprint density at radius 1 is 0.887 bits per heavy atom. The lowest BCUT2D eigenvalue weighted by Crippen LogP contribution is -2.44. The van der Waals surface area contributed by atoms with E-state index >= 15 is 0 Å². The van der Waals surface area contributed by atoms with E-state index in [0.717, 1.165) is 51.9 Å². The standard InChI is InChI=1S/C42H45N3O8/c1-27-37(24-44-20-19-34(47)23-44)52-41(53-39(27)31-13-11-28(25-46)12-14-31)32-17-15-30(16-18-32)35-10-6-5-9-33(35)22-45-38(48)21-36(40(45)49)43-42(50)51-26-29-7-3-2-4-8-29/h2-18,27,34,36-37,39,41,46-47H,19-26H2,1H3,(H,43,50)/t27-,34+,36?,37+,39+,41+/m1/s1. The fourth-order valence-electron chi connectivity index (χ4n) is 7.36. The number of amides is 3. The summed E-state index contributed by atoms with van der Waals surface area (Å²) in [5, 5.41) is 22.3. The summed E-state index contributed by atoms with van der Waals surface area (Å²) < 4.78 is 18.5. The van der Waals surface area contributed by atoms with Crippen molar-refractivity contribution in [1.29, 1.82) is 0 Å². The summed E-state index contributed by atoms with van der Waals surface area (Å²) in [5.41, 5.74) is 6.04. The number of carbonyl (C=O) groups excluding carboxylic acids is 3. The summed E-state index contributed by atoms with van der Waals surface area (Å²) in [6, 6.07) is 31.6. The van der Waals surface area contributed by atoms with Crippen LogP contribution in [0.15, 0.2) is 103 Å². The summed E-state index contributed by atoms with van der Waals surface area (Å²) in [5.74, 6) is -0.815. The molecule has 0 aromatic heterocycles. The highest BCUT2D eigenvalue weighted by Crippen LogP contribution is 2.42. The Hall–Kier alpha value is -4.91. The van der Waals surface area contributed by atoms with Gasteiger partial charge >= 0.3 is 6.09 Å². The first-order valence-corrected chi connectivity index (χ1v) is 18.2. The van der Waals surface area contributed by atoms with Gasteiger partial charge in [0, 0.05) is 31.1 Å². The Bertz CT molecular complexity index is 1890. The molecule has 0 radical (unpaired) electrons. The van der Waals surface area contributed by atoms with E-state index in [2.05, 4.69) is 17.1 Å². The van der Waals surface area contributed by atoms with Crippen molar-refractivity contribution < 1.29 is 38.8 Å². The number of alkyl carbamates (subject to hydrolysis) is 1. The van der Waals surface area contributed by atoms with Gasteiger partial charge in [0.2, 0.25) is 5.91 Å². The van der Waals surface area contributed by atoms with Crippen LogP contribution in [0.4, 0.5) is 4.79 Å². The number of aliphatic hydroxyl groups is 2. The van der Waals surface area contributed by atoms with Crippen molar-refractivity contribution in [3.8, 4) is 11.1 Å². The van der Waals surface area contributed by atoms with Crippen molar-refractivity contribution in [3.63, 3.8) is 0 Å². The Balaban J connectivity index is 1.04. The Morgan fingerprint density at radius 3 is 2.32 bits per heavy atom. The number of hydrogen-bond acceptors (Lipinski definition) is 9. The molecule has 11 heteroatoms. The van der Waals surface area contributed by atoms with E-state index < -0.39 is 24.3 Å². The first-order chi connectivity index (χ1) is 25.7. The molecule has 4 aromatic carbocycles. The molecule has 0 spiro atoms. The summed E-state index contributed by atoms with van der Waals surface area (Å²) in [6.45, 7) is 4.32. The molecule has 0 bridgehead atoms. The molecule has 4 aromatic rings. The van der Waals surface area contributed by atoms with Crippen molar-refractivity contribution >= 4 is 17.9 Å².